The molecular weight excluding hydrogens is 383 g/mol. The van der Waals surface area contributed by atoms with Crippen LogP contribution in [0.1, 0.15) is 11.1 Å². The first kappa shape index (κ1) is 14.8. The first-order valence-electron chi connectivity index (χ1n) is 5.58. The molecule has 0 fully saturated rings. The fourth-order valence-corrected chi connectivity index (χ4v) is 4.66. The minimum absolute atomic E-state index is 0.597. The number of benzene rings is 2. The summed E-state index contributed by atoms with van der Waals surface area (Å²) < 4.78 is 37.5. The Morgan fingerprint density at radius 3 is 1.68 bits per heavy atom. The van der Waals surface area contributed by atoms with Gasteiger partial charge in [-0.25, -0.2) is 0 Å². The number of halogens is 4. The van der Waals surface area contributed by atoms with Crippen molar-refractivity contribution in [3.8, 4) is 0 Å². The highest BCUT2D eigenvalue weighted by atomic mass is 127. The fourth-order valence-electron chi connectivity index (χ4n) is 1.61. The van der Waals surface area contributed by atoms with Crippen LogP contribution in [0.4, 0.5) is 13.2 Å². The predicted molar refractivity (Wildman–Crippen MR) is 82.8 cm³/mol. The Kier molecular flexibility index (Phi) is 4.51. The first-order chi connectivity index (χ1) is 8.88. The third-order valence-electron chi connectivity index (χ3n) is 2.68. The third kappa shape index (κ3) is 3.69. The normalized spacial score (nSPS) is 13.3. The number of alkyl halides is 3. The van der Waals surface area contributed by atoms with Crippen molar-refractivity contribution in [3.63, 3.8) is 0 Å². The van der Waals surface area contributed by atoms with E-state index in [4.69, 9.17) is 0 Å². The van der Waals surface area contributed by atoms with Crippen LogP contribution in [0.3, 0.4) is 0 Å². The van der Waals surface area contributed by atoms with E-state index in [9.17, 15) is 13.2 Å². The van der Waals surface area contributed by atoms with Gasteiger partial charge in [0.1, 0.15) is 0 Å². The van der Waals surface area contributed by atoms with Crippen molar-refractivity contribution in [1.82, 2.24) is 0 Å². The summed E-state index contributed by atoms with van der Waals surface area (Å²) >= 11 is 2.30. The van der Waals surface area contributed by atoms with E-state index in [1.165, 1.54) is 5.56 Å². The summed E-state index contributed by atoms with van der Waals surface area (Å²) in [5.41, 5.74) is -0.0492. The van der Waals surface area contributed by atoms with E-state index >= 15 is 0 Å². The zero-order valence-corrected chi connectivity index (χ0v) is 13.1. The minimum atomic E-state index is -4.27. The summed E-state index contributed by atoms with van der Waals surface area (Å²) in [5.74, 6) is 0. The molecule has 0 aliphatic carbocycles. The highest BCUT2D eigenvalue weighted by molar-refractivity contribution is 14.2. The van der Waals surface area contributed by atoms with Crippen molar-refractivity contribution in [2.45, 2.75) is 13.1 Å². The van der Waals surface area contributed by atoms with E-state index in [1.807, 2.05) is 31.2 Å². The summed E-state index contributed by atoms with van der Waals surface area (Å²) in [7, 11) is 0. The lowest BCUT2D eigenvalue weighted by molar-refractivity contribution is -0.137. The van der Waals surface area contributed by atoms with Crippen molar-refractivity contribution in [3.05, 3.63) is 59.7 Å². The smallest absolute Gasteiger partial charge is 0.166 e. The topological polar surface area (TPSA) is 0 Å². The molecule has 2 rings (SSSR count). The van der Waals surface area contributed by atoms with E-state index in [-0.39, 0.29) is 0 Å². The Hall–Kier alpha value is -0.610. The van der Waals surface area contributed by atoms with Gasteiger partial charge >= 0.3 is 6.18 Å². The molecular formula is C14H11F3IP. The van der Waals surface area contributed by atoms with Gasteiger partial charge in [-0.15, -0.1) is 0 Å². The van der Waals surface area contributed by atoms with Crippen LogP contribution >= 0.6 is 27.6 Å². The minimum Gasteiger partial charge on any atom is -0.166 e. The molecule has 0 radical (unpaired) electrons. The van der Waals surface area contributed by atoms with E-state index in [1.54, 1.807) is 12.1 Å². The lowest BCUT2D eigenvalue weighted by atomic mass is 10.2. The quantitative estimate of drug-likeness (QED) is 0.508. The Labute approximate surface area is 124 Å². The number of hydrogen-bond donors (Lipinski definition) is 0. The summed E-state index contributed by atoms with van der Waals surface area (Å²) in [5, 5.41) is 2.09. The molecule has 1 atom stereocenters. The Bertz CT molecular complexity index is 546. The highest BCUT2D eigenvalue weighted by Crippen LogP contribution is 2.43. The van der Waals surface area contributed by atoms with Crippen LogP contribution in [0.2, 0.25) is 0 Å². The maximum atomic E-state index is 12.5. The van der Waals surface area contributed by atoms with Crippen LogP contribution in [0.25, 0.3) is 0 Å². The fraction of sp³-hybridized carbons (Fsp3) is 0.143. The Balaban J connectivity index is 2.25. The molecule has 0 spiro atoms. The van der Waals surface area contributed by atoms with Crippen LogP contribution in [0.15, 0.2) is 48.5 Å². The van der Waals surface area contributed by atoms with Gasteiger partial charge in [-0.1, -0.05) is 42.0 Å². The molecule has 0 nitrogen and oxygen atoms in total. The second kappa shape index (κ2) is 5.80. The summed E-state index contributed by atoms with van der Waals surface area (Å²) in [4.78, 5) is 0. The summed E-state index contributed by atoms with van der Waals surface area (Å²) in [6, 6.07) is 13.5. The van der Waals surface area contributed by atoms with Gasteiger partial charge in [-0.3, -0.25) is 0 Å². The monoisotopic (exact) mass is 394 g/mol. The van der Waals surface area contributed by atoms with Gasteiger partial charge in [-0.05, 0) is 51.7 Å². The molecule has 0 amide bonds. The standard InChI is InChI=1S/C14H11F3IP/c1-10-2-6-12(7-3-10)19(18)13-8-4-11(5-9-13)14(15,16)17/h2-9H,1H3. The summed E-state index contributed by atoms with van der Waals surface area (Å²) in [6.45, 7) is 2.01. The zero-order chi connectivity index (χ0) is 14.0. The van der Waals surface area contributed by atoms with Gasteiger partial charge in [0.25, 0.3) is 0 Å². The second-order valence-corrected chi connectivity index (χ2v) is 8.65. The van der Waals surface area contributed by atoms with Gasteiger partial charge in [0.05, 0.1) is 5.56 Å². The van der Waals surface area contributed by atoms with Crippen LogP contribution in [-0.4, -0.2) is 0 Å². The average molecular weight is 394 g/mol. The Morgan fingerprint density at radius 2 is 1.26 bits per heavy atom. The Morgan fingerprint density at radius 1 is 0.842 bits per heavy atom. The van der Waals surface area contributed by atoms with E-state index in [0.29, 0.717) is 0 Å². The molecule has 0 saturated carbocycles. The molecule has 100 valence electrons. The number of rotatable bonds is 2. The number of aryl methyl sites for hydroxylation is 1. The van der Waals surface area contributed by atoms with Gasteiger partial charge in [-0.2, -0.15) is 13.2 Å². The van der Waals surface area contributed by atoms with Crippen LogP contribution in [-0.2, 0) is 6.18 Å². The highest BCUT2D eigenvalue weighted by Gasteiger charge is 2.30. The maximum Gasteiger partial charge on any atom is 0.416 e. The molecule has 19 heavy (non-hydrogen) atoms. The van der Waals surface area contributed by atoms with Crippen LogP contribution in [0, 0.1) is 6.92 Å². The molecule has 1 unspecified atom stereocenters. The molecule has 0 heterocycles. The molecule has 0 saturated heterocycles. The summed E-state index contributed by atoms with van der Waals surface area (Å²) in [6.07, 6.45) is -4.27. The molecule has 2 aromatic rings. The second-order valence-electron chi connectivity index (χ2n) is 4.16. The lowest BCUT2D eigenvalue weighted by Gasteiger charge is -2.13. The molecule has 0 N–H and O–H groups in total. The molecule has 0 bridgehead atoms. The molecule has 2 aromatic carbocycles. The first-order valence-corrected chi connectivity index (χ1v) is 9.70. The maximum absolute atomic E-state index is 12.5. The zero-order valence-electron chi connectivity index (χ0n) is 10.1. The van der Waals surface area contributed by atoms with Crippen LogP contribution < -0.4 is 10.6 Å². The molecule has 0 aliphatic heterocycles. The number of hydrogen-bond acceptors (Lipinski definition) is 0. The van der Waals surface area contributed by atoms with Crippen molar-refractivity contribution < 1.29 is 13.2 Å². The van der Waals surface area contributed by atoms with Crippen molar-refractivity contribution >= 4 is 38.2 Å². The largest absolute Gasteiger partial charge is 0.416 e. The van der Waals surface area contributed by atoms with E-state index in [2.05, 4.69) is 22.0 Å². The van der Waals surface area contributed by atoms with Gasteiger partial charge < -0.3 is 0 Å². The van der Waals surface area contributed by atoms with Gasteiger partial charge in [0.2, 0.25) is 0 Å². The third-order valence-corrected chi connectivity index (χ3v) is 7.53. The average Bonchev–Trinajstić information content (AvgIpc) is 2.38. The van der Waals surface area contributed by atoms with Crippen molar-refractivity contribution in [2.24, 2.45) is 0 Å². The van der Waals surface area contributed by atoms with E-state index < -0.39 is 17.3 Å². The van der Waals surface area contributed by atoms with Crippen molar-refractivity contribution in [1.29, 1.82) is 0 Å². The van der Waals surface area contributed by atoms with E-state index in [0.717, 1.165) is 22.7 Å². The van der Waals surface area contributed by atoms with Gasteiger partial charge in [0, 0.05) is 5.56 Å². The lowest BCUT2D eigenvalue weighted by Crippen LogP contribution is -2.10. The SMILES string of the molecule is Cc1ccc(P(I)c2ccc(C(F)(F)F)cc2)cc1. The van der Waals surface area contributed by atoms with Crippen molar-refractivity contribution in [2.75, 3.05) is 0 Å². The molecule has 5 heteroatoms. The van der Waals surface area contributed by atoms with Gasteiger partial charge in [0.15, 0.2) is 0 Å². The predicted octanol–water partition coefficient (Wildman–Crippen LogP) is 4.80. The van der Waals surface area contributed by atoms with Crippen LogP contribution in [0.5, 0.6) is 0 Å². The molecule has 0 aromatic heterocycles. The molecule has 0 aliphatic rings.